The van der Waals surface area contributed by atoms with E-state index < -0.39 is 5.91 Å². The van der Waals surface area contributed by atoms with Crippen molar-refractivity contribution < 1.29 is 14.3 Å². The summed E-state index contributed by atoms with van der Waals surface area (Å²) in [6.45, 7) is 1.77. The Morgan fingerprint density at radius 2 is 1.88 bits per heavy atom. The molecule has 0 unspecified atom stereocenters. The lowest BCUT2D eigenvalue weighted by atomic mass is 10.1. The number of carbonyl (C=O) groups is 1. The number of nitrogens with two attached hydrogens (primary N) is 2. The maximum Gasteiger partial charge on any atom is 0.248 e. The first-order chi connectivity index (χ1) is 12.6. The second kappa shape index (κ2) is 8.24. The number of anilines is 1. The van der Waals surface area contributed by atoms with Crippen LogP contribution in [0.4, 0.5) is 5.69 Å². The van der Waals surface area contributed by atoms with Crippen LogP contribution in [-0.4, -0.2) is 31.6 Å². The van der Waals surface area contributed by atoms with Gasteiger partial charge in [0.1, 0.15) is 0 Å². The molecule has 0 spiro atoms. The summed E-state index contributed by atoms with van der Waals surface area (Å²) in [5, 5.41) is 3.05. The fourth-order valence-electron chi connectivity index (χ4n) is 2.61. The van der Waals surface area contributed by atoms with E-state index in [1.165, 1.54) is 0 Å². The average molecular weight is 354 g/mol. The van der Waals surface area contributed by atoms with E-state index in [0.717, 1.165) is 23.4 Å². The Morgan fingerprint density at radius 1 is 1.08 bits per heavy atom. The first kappa shape index (κ1) is 17.6. The van der Waals surface area contributed by atoms with Gasteiger partial charge in [0.05, 0.1) is 13.2 Å². The number of nitrogens with zero attached hydrogens (tertiary/aromatic N) is 1. The van der Waals surface area contributed by atoms with Gasteiger partial charge in [-0.15, -0.1) is 0 Å². The molecule has 1 heterocycles. The molecule has 5 N–H and O–H groups in total. The Kier molecular flexibility index (Phi) is 5.58. The Balaban J connectivity index is 1.58. The summed E-state index contributed by atoms with van der Waals surface area (Å²) in [5.41, 5.74) is 13.5. The van der Waals surface area contributed by atoms with E-state index in [1.807, 2.05) is 24.3 Å². The largest absolute Gasteiger partial charge is 0.490 e. The van der Waals surface area contributed by atoms with Gasteiger partial charge in [-0.3, -0.25) is 9.79 Å². The fourth-order valence-corrected chi connectivity index (χ4v) is 2.61. The van der Waals surface area contributed by atoms with Crippen LogP contribution in [0.25, 0.3) is 0 Å². The molecule has 3 rings (SSSR count). The van der Waals surface area contributed by atoms with Crippen LogP contribution in [0.15, 0.2) is 47.5 Å². The maximum atomic E-state index is 11.2. The second-order valence-corrected chi connectivity index (χ2v) is 5.92. The number of fused-ring (bicyclic) bond motifs is 1. The number of carbonyl (C=O) groups excluding carboxylic acids is 1. The highest BCUT2D eigenvalue weighted by Gasteiger charge is 2.10. The molecule has 0 radical (unpaired) electrons. The third kappa shape index (κ3) is 4.66. The number of primary amides is 1. The van der Waals surface area contributed by atoms with Gasteiger partial charge in [0.25, 0.3) is 0 Å². The van der Waals surface area contributed by atoms with Crippen LogP contribution in [0, 0.1) is 0 Å². The standard InChI is InChI=1S/C19H22N4O3/c20-18(24)14-4-1-3-13(11-14)7-8-22-19(21)23-15-5-6-16-17(12-15)26-10-2-9-25-16/h1,3-6,11-12H,2,7-10H2,(H2,20,24)(H3,21,22,23). The van der Waals surface area contributed by atoms with Crippen LogP contribution in [0.3, 0.4) is 0 Å². The molecule has 0 aromatic heterocycles. The van der Waals surface area contributed by atoms with Crippen LogP contribution in [0.5, 0.6) is 11.5 Å². The lowest BCUT2D eigenvalue weighted by Crippen LogP contribution is -2.23. The van der Waals surface area contributed by atoms with Crippen molar-refractivity contribution in [2.45, 2.75) is 12.8 Å². The smallest absolute Gasteiger partial charge is 0.248 e. The first-order valence-corrected chi connectivity index (χ1v) is 8.47. The molecule has 0 saturated heterocycles. The maximum absolute atomic E-state index is 11.2. The summed E-state index contributed by atoms with van der Waals surface area (Å²) in [7, 11) is 0. The molecule has 0 saturated carbocycles. The third-order valence-corrected chi connectivity index (χ3v) is 3.91. The molecule has 0 bridgehead atoms. The van der Waals surface area contributed by atoms with Crippen LogP contribution in [-0.2, 0) is 6.42 Å². The third-order valence-electron chi connectivity index (χ3n) is 3.91. The molecule has 0 aliphatic carbocycles. The van der Waals surface area contributed by atoms with Crippen molar-refractivity contribution in [3.63, 3.8) is 0 Å². The van der Waals surface area contributed by atoms with Crippen LogP contribution >= 0.6 is 0 Å². The molecule has 26 heavy (non-hydrogen) atoms. The van der Waals surface area contributed by atoms with Gasteiger partial charge < -0.3 is 26.3 Å². The quantitative estimate of drug-likeness (QED) is 0.561. The van der Waals surface area contributed by atoms with Crippen molar-refractivity contribution in [2.24, 2.45) is 16.5 Å². The van der Waals surface area contributed by atoms with E-state index in [4.69, 9.17) is 20.9 Å². The number of nitrogens with one attached hydrogen (secondary N) is 1. The fraction of sp³-hybridized carbons (Fsp3) is 0.263. The highest BCUT2D eigenvalue weighted by molar-refractivity contribution is 5.93. The molecule has 1 aliphatic rings. The van der Waals surface area contributed by atoms with E-state index in [0.29, 0.717) is 43.5 Å². The lowest BCUT2D eigenvalue weighted by molar-refractivity contribution is 0.1000. The molecular weight excluding hydrogens is 332 g/mol. The van der Waals surface area contributed by atoms with E-state index >= 15 is 0 Å². The molecule has 2 aromatic rings. The molecule has 1 aliphatic heterocycles. The Morgan fingerprint density at radius 3 is 2.69 bits per heavy atom. The zero-order valence-electron chi connectivity index (χ0n) is 14.4. The predicted molar refractivity (Wildman–Crippen MR) is 101 cm³/mol. The van der Waals surface area contributed by atoms with Gasteiger partial charge in [0.2, 0.25) is 5.91 Å². The summed E-state index contributed by atoms with van der Waals surface area (Å²) < 4.78 is 11.3. The zero-order chi connectivity index (χ0) is 18.4. The molecular formula is C19H22N4O3. The number of ether oxygens (including phenoxy) is 2. The number of hydrogen-bond donors (Lipinski definition) is 3. The van der Waals surface area contributed by atoms with Crippen molar-refractivity contribution in [3.8, 4) is 11.5 Å². The van der Waals surface area contributed by atoms with E-state index in [-0.39, 0.29) is 0 Å². The Hall–Kier alpha value is -3.22. The Bertz CT molecular complexity index is 820. The van der Waals surface area contributed by atoms with Crippen LogP contribution in [0.2, 0.25) is 0 Å². The minimum atomic E-state index is -0.439. The van der Waals surface area contributed by atoms with Crippen molar-refractivity contribution in [3.05, 3.63) is 53.6 Å². The predicted octanol–water partition coefficient (Wildman–Crippen LogP) is 1.92. The van der Waals surface area contributed by atoms with Gasteiger partial charge in [0.15, 0.2) is 17.5 Å². The van der Waals surface area contributed by atoms with Gasteiger partial charge in [-0.2, -0.15) is 0 Å². The van der Waals surface area contributed by atoms with Gasteiger partial charge in [-0.1, -0.05) is 12.1 Å². The van der Waals surface area contributed by atoms with E-state index in [1.54, 1.807) is 18.2 Å². The summed E-state index contributed by atoms with van der Waals surface area (Å²) in [6, 6.07) is 12.8. The van der Waals surface area contributed by atoms with Gasteiger partial charge >= 0.3 is 0 Å². The van der Waals surface area contributed by atoms with Crippen molar-refractivity contribution in [1.82, 2.24) is 0 Å². The van der Waals surface area contributed by atoms with Crippen molar-refractivity contribution >= 4 is 17.6 Å². The summed E-state index contributed by atoms with van der Waals surface area (Å²) in [6.07, 6.45) is 1.52. The molecule has 1 amide bonds. The number of amides is 1. The van der Waals surface area contributed by atoms with Crippen LogP contribution in [0.1, 0.15) is 22.3 Å². The van der Waals surface area contributed by atoms with E-state index in [2.05, 4.69) is 10.3 Å². The minimum Gasteiger partial charge on any atom is -0.490 e. The van der Waals surface area contributed by atoms with Gasteiger partial charge in [-0.25, -0.2) is 0 Å². The number of rotatable bonds is 5. The molecule has 0 atom stereocenters. The lowest BCUT2D eigenvalue weighted by Gasteiger charge is -2.10. The van der Waals surface area contributed by atoms with Gasteiger partial charge in [-0.05, 0) is 36.2 Å². The monoisotopic (exact) mass is 354 g/mol. The highest BCUT2D eigenvalue weighted by atomic mass is 16.5. The molecule has 2 aromatic carbocycles. The molecule has 0 fully saturated rings. The first-order valence-electron chi connectivity index (χ1n) is 8.47. The average Bonchev–Trinajstić information content (AvgIpc) is 2.87. The van der Waals surface area contributed by atoms with Crippen molar-refractivity contribution in [2.75, 3.05) is 25.1 Å². The SMILES string of the molecule is NC(=O)c1cccc(CCN=C(N)Nc2ccc3c(c2)OCCCO3)c1. The van der Waals surface area contributed by atoms with Gasteiger partial charge in [0, 0.05) is 30.3 Å². The summed E-state index contributed by atoms with van der Waals surface area (Å²) in [5.74, 6) is 1.30. The summed E-state index contributed by atoms with van der Waals surface area (Å²) in [4.78, 5) is 15.5. The molecule has 136 valence electrons. The second-order valence-electron chi connectivity index (χ2n) is 5.92. The van der Waals surface area contributed by atoms with E-state index in [9.17, 15) is 4.79 Å². The Labute approximate surface area is 152 Å². The minimum absolute atomic E-state index is 0.311. The molecule has 7 heteroatoms. The number of guanidine groups is 1. The normalized spacial score (nSPS) is 13.8. The number of benzene rings is 2. The highest BCUT2D eigenvalue weighted by Crippen LogP contribution is 2.32. The number of hydrogen-bond acceptors (Lipinski definition) is 4. The zero-order valence-corrected chi connectivity index (χ0v) is 14.4. The topological polar surface area (TPSA) is 112 Å². The van der Waals surface area contributed by atoms with Crippen molar-refractivity contribution in [1.29, 1.82) is 0 Å². The number of aliphatic imine (C=N–C) groups is 1. The van der Waals surface area contributed by atoms with Crippen LogP contribution < -0.4 is 26.3 Å². The summed E-state index contributed by atoms with van der Waals surface area (Å²) >= 11 is 0. The molecule has 7 nitrogen and oxygen atoms in total.